The molecule has 0 heterocycles. The number of hydrogen-bond acceptors (Lipinski definition) is 5. The molecule has 0 aliphatic heterocycles. The number of aromatic hydroxyl groups is 1. The Morgan fingerprint density at radius 2 is 1.95 bits per heavy atom. The van der Waals surface area contributed by atoms with Gasteiger partial charge in [0.2, 0.25) is 11.9 Å². The first-order valence-electron chi connectivity index (χ1n) is 5.95. The number of esters is 1. The number of carbonyl (C=O) groups is 2. The molecule has 0 fully saturated rings. The van der Waals surface area contributed by atoms with Gasteiger partial charge in [0.1, 0.15) is 11.4 Å². The highest BCUT2D eigenvalue weighted by atomic mass is 16.5. The molecule has 9 heteroatoms. The third-order valence-corrected chi connectivity index (χ3v) is 2.17. The summed E-state index contributed by atoms with van der Waals surface area (Å²) in [6.07, 6.45) is 1.84. The molecule has 0 spiro atoms. The first kappa shape index (κ1) is 16.7. The Balaban J connectivity index is 2.72. The lowest BCUT2D eigenvalue weighted by Gasteiger charge is -2.01. The van der Waals surface area contributed by atoms with E-state index in [2.05, 4.69) is 20.0 Å². The lowest BCUT2D eigenvalue weighted by atomic mass is 10.3. The SMILES string of the molecule is COC(=O)/C=C/C(=O)NC(N)=NC(N)=Nc1ccccc1O. The van der Waals surface area contributed by atoms with Crippen molar-refractivity contribution in [2.75, 3.05) is 7.11 Å². The molecule has 0 radical (unpaired) electrons. The first-order valence-corrected chi connectivity index (χ1v) is 5.95. The minimum atomic E-state index is -0.693. The summed E-state index contributed by atoms with van der Waals surface area (Å²) in [5.74, 6) is -2.05. The molecule has 9 nitrogen and oxygen atoms in total. The van der Waals surface area contributed by atoms with Gasteiger partial charge in [-0.1, -0.05) is 12.1 Å². The van der Waals surface area contributed by atoms with Crippen molar-refractivity contribution in [3.63, 3.8) is 0 Å². The Kier molecular flexibility index (Phi) is 6.10. The molecule has 0 atom stereocenters. The number of guanidine groups is 2. The lowest BCUT2D eigenvalue weighted by molar-refractivity contribution is -0.135. The van der Waals surface area contributed by atoms with E-state index >= 15 is 0 Å². The summed E-state index contributed by atoms with van der Waals surface area (Å²) in [6.45, 7) is 0. The van der Waals surface area contributed by atoms with E-state index in [0.717, 1.165) is 12.2 Å². The van der Waals surface area contributed by atoms with E-state index in [1.807, 2.05) is 0 Å². The minimum Gasteiger partial charge on any atom is -0.506 e. The van der Waals surface area contributed by atoms with Crippen LogP contribution in [-0.2, 0) is 14.3 Å². The summed E-state index contributed by atoms with van der Waals surface area (Å²) in [7, 11) is 1.18. The van der Waals surface area contributed by atoms with Crippen molar-refractivity contribution >= 4 is 29.5 Å². The molecule has 0 aliphatic rings. The molecule has 1 rings (SSSR count). The largest absolute Gasteiger partial charge is 0.506 e. The second kappa shape index (κ2) is 8.04. The Bertz CT molecular complexity index is 652. The number of nitrogens with zero attached hydrogens (tertiary/aromatic N) is 2. The van der Waals surface area contributed by atoms with Gasteiger partial charge < -0.3 is 21.3 Å². The third-order valence-electron chi connectivity index (χ3n) is 2.17. The molecule has 0 unspecified atom stereocenters. The molecule has 22 heavy (non-hydrogen) atoms. The van der Waals surface area contributed by atoms with Crippen LogP contribution in [0.4, 0.5) is 5.69 Å². The molecule has 1 aromatic rings. The van der Waals surface area contributed by atoms with Crippen LogP contribution in [0.5, 0.6) is 5.75 Å². The van der Waals surface area contributed by atoms with Gasteiger partial charge >= 0.3 is 5.97 Å². The second-order valence-electron chi connectivity index (χ2n) is 3.80. The molecule has 0 saturated heterocycles. The number of aliphatic imine (C=N–C) groups is 2. The van der Waals surface area contributed by atoms with Gasteiger partial charge in [0.05, 0.1) is 7.11 Å². The average Bonchev–Trinajstić information content (AvgIpc) is 2.46. The molecule has 1 aromatic carbocycles. The molecule has 0 bridgehead atoms. The summed E-state index contributed by atoms with van der Waals surface area (Å²) in [4.78, 5) is 29.6. The van der Waals surface area contributed by atoms with Crippen LogP contribution < -0.4 is 16.8 Å². The number of phenols is 1. The van der Waals surface area contributed by atoms with Gasteiger partial charge in [0, 0.05) is 12.2 Å². The van der Waals surface area contributed by atoms with Crippen LogP contribution in [0.1, 0.15) is 0 Å². The van der Waals surface area contributed by atoms with Crippen LogP contribution in [0, 0.1) is 0 Å². The number of hydrogen-bond donors (Lipinski definition) is 4. The van der Waals surface area contributed by atoms with E-state index in [9.17, 15) is 14.7 Å². The number of carbonyl (C=O) groups excluding carboxylic acids is 2. The van der Waals surface area contributed by atoms with Gasteiger partial charge in [-0.3, -0.25) is 10.1 Å². The Labute approximate surface area is 126 Å². The molecule has 0 saturated carbocycles. The van der Waals surface area contributed by atoms with Crippen LogP contribution in [0.25, 0.3) is 0 Å². The number of ether oxygens (including phenoxy) is 1. The van der Waals surface area contributed by atoms with E-state index < -0.39 is 11.9 Å². The lowest BCUT2D eigenvalue weighted by Crippen LogP contribution is -2.37. The van der Waals surface area contributed by atoms with E-state index in [1.54, 1.807) is 12.1 Å². The van der Waals surface area contributed by atoms with Crippen molar-refractivity contribution in [3.05, 3.63) is 36.4 Å². The number of methoxy groups -OCH3 is 1. The molecular weight excluding hydrogens is 290 g/mol. The van der Waals surface area contributed by atoms with Gasteiger partial charge in [-0.05, 0) is 12.1 Å². The predicted octanol–water partition coefficient (Wildman–Crippen LogP) is -0.501. The number of nitrogens with one attached hydrogen (secondary N) is 1. The van der Waals surface area contributed by atoms with Crippen LogP contribution in [0.2, 0.25) is 0 Å². The number of para-hydroxylation sites is 2. The van der Waals surface area contributed by atoms with Gasteiger partial charge in [0.15, 0.2) is 0 Å². The summed E-state index contributed by atoms with van der Waals surface area (Å²) in [5.41, 5.74) is 11.2. The summed E-state index contributed by atoms with van der Waals surface area (Å²) >= 11 is 0. The number of nitrogens with two attached hydrogens (primary N) is 2. The van der Waals surface area contributed by atoms with Crippen molar-refractivity contribution < 1.29 is 19.4 Å². The fraction of sp³-hybridized carbons (Fsp3) is 0.0769. The normalized spacial score (nSPS) is 12.2. The molecule has 0 aliphatic carbocycles. The minimum absolute atomic E-state index is 0.0794. The van der Waals surface area contributed by atoms with E-state index in [-0.39, 0.29) is 23.4 Å². The molecule has 116 valence electrons. The van der Waals surface area contributed by atoms with Gasteiger partial charge in [0.25, 0.3) is 5.91 Å². The van der Waals surface area contributed by atoms with Crippen LogP contribution in [0.3, 0.4) is 0 Å². The Hall–Kier alpha value is -3.36. The highest BCUT2D eigenvalue weighted by Gasteiger charge is 2.02. The number of rotatable bonds is 3. The fourth-order valence-corrected chi connectivity index (χ4v) is 1.24. The highest BCUT2D eigenvalue weighted by Crippen LogP contribution is 2.24. The quantitative estimate of drug-likeness (QED) is 0.255. The molecule has 0 aromatic heterocycles. The Morgan fingerprint density at radius 1 is 1.27 bits per heavy atom. The molecule has 1 amide bonds. The van der Waals surface area contributed by atoms with Gasteiger partial charge in [-0.15, -0.1) is 0 Å². The van der Waals surface area contributed by atoms with Crippen molar-refractivity contribution in [2.24, 2.45) is 21.5 Å². The zero-order chi connectivity index (χ0) is 16.5. The topological polar surface area (TPSA) is 152 Å². The smallest absolute Gasteiger partial charge is 0.330 e. The van der Waals surface area contributed by atoms with Gasteiger partial charge in [-0.2, -0.15) is 4.99 Å². The van der Waals surface area contributed by atoms with Crippen molar-refractivity contribution in [1.29, 1.82) is 0 Å². The molecular formula is C13H15N5O4. The zero-order valence-electron chi connectivity index (χ0n) is 11.7. The number of amides is 1. The maximum absolute atomic E-state index is 11.4. The maximum atomic E-state index is 11.4. The van der Waals surface area contributed by atoms with Crippen LogP contribution in [-0.4, -0.2) is 36.0 Å². The zero-order valence-corrected chi connectivity index (χ0v) is 11.7. The fourth-order valence-electron chi connectivity index (χ4n) is 1.24. The monoisotopic (exact) mass is 305 g/mol. The van der Waals surface area contributed by atoms with Crippen molar-refractivity contribution in [3.8, 4) is 5.75 Å². The molecule has 6 N–H and O–H groups in total. The maximum Gasteiger partial charge on any atom is 0.330 e. The van der Waals surface area contributed by atoms with E-state index in [4.69, 9.17) is 11.5 Å². The van der Waals surface area contributed by atoms with Crippen molar-refractivity contribution in [2.45, 2.75) is 0 Å². The third kappa shape index (κ3) is 5.74. The summed E-state index contributed by atoms with van der Waals surface area (Å²) < 4.78 is 4.32. The number of phenolic OH excluding ortho intramolecular Hbond substituents is 1. The summed E-state index contributed by atoms with van der Waals surface area (Å²) in [5, 5.41) is 11.7. The Morgan fingerprint density at radius 3 is 2.59 bits per heavy atom. The van der Waals surface area contributed by atoms with E-state index in [1.165, 1.54) is 19.2 Å². The second-order valence-corrected chi connectivity index (χ2v) is 3.80. The number of benzene rings is 1. The van der Waals surface area contributed by atoms with Crippen LogP contribution >= 0.6 is 0 Å². The van der Waals surface area contributed by atoms with Gasteiger partial charge in [-0.25, -0.2) is 9.79 Å². The summed E-state index contributed by atoms with van der Waals surface area (Å²) in [6, 6.07) is 6.22. The first-order chi connectivity index (χ1) is 10.4. The predicted molar refractivity (Wildman–Crippen MR) is 80.3 cm³/mol. The van der Waals surface area contributed by atoms with E-state index in [0.29, 0.717) is 0 Å². The average molecular weight is 305 g/mol. The standard InChI is InChI=1S/C13H15N5O4/c1-22-11(21)7-6-10(20)17-13(15)18-12(14)16-8-4-2-3-5-9(8)19/h2-7,19H,1H3,(H5,14,15,16,17,18,20)/b7-6+. The highest BCUT2D eigenvalue weighted by molar-refractivity contribution is 6.06. The van der Waals surface area contributed by atoms with Crippen molar-refractivity contribution in [1.82, 2.24) is 5.32 Å². The van der Waals surface area contributed by atoms with Crippen LogP contribution in [0.15, 0.2) is 46.4 Å².